The van der Waals surface area contributed by atoms with Crippen LogP contribution in [0.5, 0.6) is 0 Å². The smallest absolute Gasteiger partial charge is 0.255 e. The number of aryl methyl sites for hydroxylation is 1. The van der Waals surface area contributed by atoms with E-state index in [0.717, 1.165) is 42.5 Å². The summed E-state index contributed by atoms with van der Waals surface area (Å²) >= 11 is 0. The lowest BCUT2D eigenvalue weighted by Crippen LogP contribution is -2.45. The van der Waals surface area contributed by atoms with Crippen molar-refractivity contribution in [1.82, 2.24) is 19.9 Å². The maximum Gasteiger partial charge on any atom is 0.255 e. The highest BCUT2D eigenvalue weighted by Gasteiger charge is 2.26. The molecular formula is C21H24N4O2. The maximum absolute atomic E-state index is 12.9. The van der Waals surface area contributed by atoms with Crippen LogP contribution in [0, 0.1) is 6.92 Å². The average molecular weight is 364 g/mol. The lowest BCUT2D eigenvalue weighted by Gasteiger charge is -2.28. The van der Waals surface area contributed by atoms with Gasteiger partial charge >= 0.3 is 0 Å². The van der Waals surface area contributed by atoms with Crippen LogP contribution in [0.1, 0.15) is 47.3 Å². The first-order chi connectivity index (χ1) is 13.1. The SMILES string of the molecule is Cc1ccc(Cn2cc(C(=O)NC3CCCC[C@@H]3O)c3ncccc32)nc1. The molecule has 6 heteroatoms. The van der Waals surface area contributed by atoms with Crippen molar-refractivity contribution in [1.29, 1.82) is 0 Å². The van der Waals surface area contributed by atoms with Gasteiger partial charge in [-0.05, 0) is 43.5 Å². The van der Waals surface area contributed by atoms with Gasteiger partial charge in [-0.2, -0.15) is 0 Å². The van der Waals surface area contributed by atoms with Crippen molar-refractivity contribution in [3.05, 3.63) is 59.7 Å². The van der Waals surface area contributed by atoms with E-state index in [9.17, 15) is 9.90 Å². The topological polar surface area (TPSA) is 80.0 Å². The number of carbonyl (C=O) groups excluding carboxylic acids is 1. The second-order valence-corrected chi connectivity index (χ2v) is 7.30. The molecule has 4 rings (SSSR count). The van der Waals surface area contributed by atoms with E-state index >= 15 is 0 Å². The van der Waals surface area contributed by atoms with Gasteiger partial charge in [0, 0.05) is 18.6 Å². The molecule has 0 saturated heterocycles. The maximum atomic E-state index is 12.9. The van der Waals surface area contributed by atoms with Crippen molar-refractivity contribution >= 4 is 16.9 Å². The molecule has 0 spiro atoms. The van der Waals surface area contributed by atoms with Crippen molar-refractivity contribution in [2.24, 2.45) is 0 Å². The zero-order valence-electron chi connectivity index (χ0n) is 15.4. The van der Waals surface area contributed by atoms with E-state index < -0.39 is 6.10 Å². The molecule has 27 heavy (non-hydrogen) atoms. The molecule has 0 radical (unpaired) electrons. The fourth-order valence-electron chi connectivity index (χ4n) is 3.71. The molecule has 1 saturated carbocycles. The fraction of sp³-hybridized carbons (Fsp3) is 0.381. The standard InChI is InChI=1S/C21H24N4O2/c1-14-8-9-15(23-11-14)12-25-13-16(20-18(25)6-4-10-22-20)21(27)24-17-5-2-3-7-19(17)26/h4,6,8-11,13,17,19,26H,2-3,5,7,12H2,1H3,(H,24,27)/t17?,19-/m0/s1. The third-order valence-corrected chi connectivity index (χ3v) is 5.23. The minimum absolute atomic E-state index is 0.180. The summed E-state index contributed by atoms with van der Waals surface area (Å²) in [5, 5.41) is 13.2. The molecule has 6 nitrogen and oxygen atoms in total. The lowest BCUT2D eigenvalue weighted by molar-refractivity contribution is 0.0718. The van der Waals surface area contributed by atoms with Crippen molar-refractivity contribution in [3.63, 3.8) is 0 Å². The molecule has 3 aromatic rings. The van der Waals surface area contributed by atoms with E-state index in [1.54, 1.807) is 6.20 Å². The van der Waals surface area contributed by atoms with Gasteiger partial charge in [0.25, 0.3) is 5.91 Å². The first-order valence-electron chi connectivity index (χ1n) is 9.46. The van der Waals surface area contributed by atoms with E-state index in [0.29, 0.717) is 17.6 Å². The Hall–Kier alpha value is -2.73. The lowest BCUT2D eigenvalue weighted by atomic mass is 9.92. The largest absolute Gasteiger partial charge is 0.391 e. The number of carbonyl (C=O) groups is 1. The number of pyridine rings is 2. The summed E-state index contributed by atoms with van der Waals surface area (Å²) in [6, 6.07) is 7.67. The Morgan fingerprint density at radius 2 is 2.11 bits per heavy atom. The van der Waals surface area contributed by atoms with Crippen LogP contribution in [0.15, 0.2) is 42.9 Å². The van der Waals surface area contributed by atoms with Gasteiger partial charge in [0.15, 0.2) is 0 Å². The molecular weight excluding hydrogens is 340 g/mol. The Labute approximate surface area is 158 Å². The van der Waals surface area contributed by atoms with Gasteiger partial charge < -0.3 is 15.0 Å². The van der Waals surface area contributed by atoms with E-state index in [4.69, 9.17) is 0 Å². The Kier molecular flexibility index (Phi) is 4.90. The van der Waals surface area contributed by atoms with Crippen LogP contribution < -0.4 is 5.32 Å². The minimum Gasteiger partial charge on any atom is -0.391 e. The second-order valence-electron chi connectivity index (χ2n) is 7.30. The number of nitrogens with one attached hydrogen (secondary N) is 1. The van der Waals surface area contributed by atoms with E-state index in [-0.39, 0.29) is 11.9 Å². The highest BCUT2D eigenvalue weighted by atomic mass is 16.3. The Bertz CT molecular complexity index is 948. The highest BCUT2D eigenvalue weighted by molar-refractivity contribution is 6.05. The van der Waals surface area contributed by atoms with Gasteiger partial charge in [-0.25, -0.2) is 0 Å². The summed E-state index contributed by atoms with van der Waals surface area (Å²) in [4.78, 5) is 21.8. The zero-order valence-corrected chi connectivity index (χ0v) is 15.4. The molecule has 1 aliphatic rings. The van der Waals surface area contributed by atoms with Gasteiger partial charge in [0.2, 0.25) is 0 Å². The average Bonchev–Trinajstić information content (AvgIpc) is 3.04. The summed E-state index contributed by atoms with van der Waals surface area (Å²) in [5.41, 5.74) is 4.15. The first kappa shape index (κ1) is 17.7. The Morgan fingerprint density at radius 3 is 2.89 bits per heavy atom. The second kappa shape index (κ2) is 7.48. The van der Waals surface area contributed by atoms with Crippen LogP contribution in [-0.4, -0.2) is 37.7 Å². The number of aliphatic hydroxyl groups excluding tert-OH is 1. The van der Waals surface area contributed by atoms with Gasteiger partial charge in [0.1, 0.15) is 5.52 Å². The number of aromatic nitrogens is 3. The molecule has 1 aliphatic carbocycles. The number of hydrogen-bond donors (Lipinski definition) is 2. The molecule has 2 N–H and O–H groups in total. The molecule has 3 heterocycles. The van der Waals surface area contributed by atoms with Crippen LogP contribution in [0.4, 0.5) is 0 Å². The van der Waals surface area contributed by atoms with E-state index in [1.807, 2.05) is 48.1 Å². The third kappa shape index (κ3) is 3.71. The van der Waals surface area contributed by atoms with Crippen molar-refractivity contribution in [2.45, 2.75) is 51.3 Å². The molecule has 3 aromatic heterocycles. The number of amides is 1. The zero-order chi connectivity index (χ0) is 18.8. The number of aliphatic hydroxyl groups is 1. The molecule has 0 aliphatic heterocycles. The van der Waals surface area contributed by atoms with Crippen LogP contribution in [-0.2, 0) is 6.54 Å². The third-order valence-electron chi connectivity index (χ3n) is 5.23. The molecule has 1 fully saturated rings. The molecule has 1 amide bonds. The number of hydrogen-bond acceptors (Lipinski definition) is 4. The minimum atomic E-state index is -0.472. The Balaban J connectivity index is 1.63. The molecule has 140 valence electrons. The van der Waals surface area contributed by atoms with Crippen LogP contribution in [0.3, 0.4) is 0 Å². The number of rotatable bonds is 4. The van der Waals surface area contributed by atoms with Crippen LogP contribution in [0.2, 0.25) is 0 Å². The van der Waals surface area contributed by atoms with Crippen molar-refractivity contribution in [3.8, 4) is 0 Å². The van der Waals surface area contributed by atoms with Gasteiger partial charge in [-0.1, -0.05) is 18.9 Å². The Morgan fingerprint density at radius 1 is 1.26 bits per heavy atom. The van der Waals surface area contributed by atoms with Gasteiger partial charge in [-0.3, -0.25) is 14.8 Å². The van der Waals surface area contributed by atoms with E-state index in [1.165, 1.54) is 0 Å². The van der Waals surface area contributed by atoms with Crippen molar-refractivity contribution in [2.75, 3.05) is 0 Å². The fourth-order valence-corrected chi connectivity index (χ4v) is 3.71. The van der Waals surface area contributed by atoms with Crippen molar-refractivity contribution < 1.29 is 9.90 Å². The summed E-state index contributed by atoms with van der Waals surface area (Å²) in [6.07, 6.45) is 8.50. The number of nitrogens with zero attached hydrogens (tertiary/aromatic N) is 3. The molecule has 2 atom stereocenters. The predicted octanol–water partition coefficient (Wildman–Crippen LogP) is 2.82. The first-order valence-corrected chi connectivity index (χ1v) is 9.46. The molecule has 1 unspecified atom stereocenters. The summed E-state index contributed by atoms with van der Waals surface area (Å²) in [5.74, 6) is -0.180. The monoisotopic (exact) mass is 364 g/mol. The molecule has 0 aromatic carbocycles. The summed E-state index contributed by atoms with van der Waals surface area (Å²) in [7, 11) is 0. The van der Waals surface area contributed by atoms with Crippen LogP contribution in [0.25, 0.3) is 11.0 Å². The van der Waals surface area contributed by atoms with Crippen LogP contribution >= 0.6 is 0 Å². The predicted molar refractivity (Wildman–Crippen MR) is 104 cm³/mol. The molecule has 0 bridgehead atoms. The summed E-state index contributed by atoms with van der Waals surface area (Å²) in [6.45, 7) is 2.58. The van der Waals surface area contributed by atoms with Gasteiger partial charge in [0.05, 0.1) is 35.5 Å². The normalized spacial score (nSPS) is 19.9. The number of fused-ring (bicyclic) bond motifs is 1. The van der Waals surface area contributed by atoms with E-state index in [2.05, 4.69) is 15.3 Å². The highest BCUT2D eigenvalue weighted by Crippen LogP contribution is 2.22. The quantitative estimate of drug-likeness (QED) is 0.746. The summed E-state index contributed by atoms with van der Waals surface area (Å²) < 4.78 is 2.01. The van der Waals surface area contributed by atoms with Gasteiger partial charge in [-0.15, -0.1) is 0 Å².